The summed E-state index contributed by atoms with van der Waals surface area (Å²) in [5.74, 6) is -0.914. The lowest BCUT2D eigenvalue weighted by Gasteiger charge is -2.30. The van der Waals surface area contributed by atoms with Crippen LogP contribution in [0, 0.1) is 5.41 Å². The highest BCUT2D eigenvalue weighted by atomic mass is 16.8. The molecular weight excluding hydrogens is 210 g/mol. The van der Waals surface area contributed by atoms with E-state index in [1.807, 2.05) is 20.8 Å². The normalized spacial score (nSPS) is 24.1. The Balaban J connectivity index is 2.40. The molecule has 0 spiro atoms. The maximum atomic E-state index is 11.0. The lowest BCUT2D eigenvalue weighted by atomic mass is 9.87. The molecule has 0 aromatic rings. The Morgan fingerprint density at radius 2 is 2.19 bits per heavy atom. The molecule has 5 nitrogen and oxygen atoms in total. The molecule has 2 N–H and O–H groups in total. The molecule has 0 aromatic heterocycles. The summed E-state index contributed by atoms with van der Waals surface area (Å²) in [6, 6.07) is -0.738. The molecule has 0 bridgehead atoms. The van der Waals surface area contributed by atoms with Crippen LogP contribution in [-0.4, -0.2) is 30.0 Å². The predicted molar refractivity (Wildman–Crippen MR) is 58.7 cm³/mol. The molecule has 5 heteroatoms. The molecule has 0 amide bonds. The number of aliphatic carboxylic acids is 1. The van der Waals surface area contributed by atoms with Gasteiger partial charge >= 0.3 is 5.97 Å². The molecule has 1 saturated heterocycles. The number of carboxylic acid groups (broad SMARTS) is 1. The summed E-state index contributed by atoms with van der Waals surface area (Å²) in [5, 5.41) is 9.06. The molecule has 16 heavy (non-hydrogen) atoms. The topological polar surface area (TPSA) is 67.8 Å². The average molecular weight is 231 g/mol. The van der Waals surface area contributed by atoms with Gasteiger partial charge in [-0.2, -0.15) is 5.48 Å². The van der Waals surface area contributed by atoms with Gasteiger partial charge in [-0.1, -0.05) is 20.8 Å². The minimum absolute atomic E-state index is 0.321. The van der Waals surface area contributed by atoms with Crippen LogP contribution in [0.4, 0.5) is 0 Å². The predicted octanol–water partition coefficient (Wildman–Crippen LogP) is 1.53. The first-order valence-electron chi connectivity index (χ1n) is 5.67. The zero-order valence-corrected chi connectivity index (χ0v) is 10.2. The van der Waals surface area contributed by atoms with Gasteiger partial charge in [0.05, 0.1) is 0 Å². The third-order valence-corrected chi connectivity index (χ3v) is 2.57. The van der Waals surface area contributed by atoms with Gasteiger partial charge in [-0.15, -0.1) is 0 Å². The van der Waals surface area contributed by atoms with Gasteiger partial charge < -0.3 is 9.84 Å². The summed E-state index contributed by atoms with van der Waals surface area (Å²) in [6.07, 6.45) is 2.59. The Morgan fingerprint density at radius 3 is 2.62 bits per heavy atom. The van der Waals surface area contributed by atoms with Crippen molar-refractivity contribution in [3.8, 4) is 0 Å². The van der Waals surface area contributed by atoms with Gasteiger partial charge in [0, 0.05) is 13.0 Å². The maximum absolute atomic E-state index is 11.0. The fourth-order valence-corrected chi connectivity index (χ4v) is 1.55. The molecule has 2 unspecified atom stereocenters. The van der Waals surface area contributed by atoms with E-state index < -0.39 is 17.4 Å². The van der Waals surface area contributed by atoms with Crippen LogP contribution in [0.25, 0.3) is 0 Å². The van der Waals surface area contributed by atoms with E-state index >= 15 is 0 Å². The Kier molecular flexibility index (Phi) is 4.70. The number of carboxylic acids is 1. The van der Waals surface area contributed by atoms with Crippen molar-refractivity contribution in [1.29, 1.82) is 0 Å². The minimum Gasteiger partial charge on any atom is -0.480 e. The van der Waals surface area contributed by atoms with Crippen molar-refractivity contribution in [1.82, 2.24) is 5.48 Å². The fourth-order valence-electron chi connectivity index (χ4n) is 1.55. The summed E-state index contributed by atoms with van der Waals surface area (Å²) in [7, 11) is 0. The Morgan fingerprint density at radius 1 is 1.50 bits per heavy atom. The highest BCUT2D eigenvalue weighted by Gasteiger charge is 2.32. The van der Waals surface area contributed by atoms with E-state index in [9.17, 15) is 4.79 Å². The minimum atomic E-state index is -0.914. The number of hydrogen-bond acceptors (Lipinski definition) is 4. The molecule has 1 aliphatic rings. The summed E-state index contributed by atoms with van der Waals surface area (Å²) in [4.78, 5) is 16.3. The Bertz CT molecular complexity index is 231. The molecule has 2 atom stereocenters. The average Bonchev–Trinajstić information content (AvgIpc) is 2.17. The van der Waals surface area contributed by atoms with E-state index in [4.69, 9.17) is 14.7 Å². The highest BCUT2D eigenvalue weighted by Crippen LogP contribution is 2.20. The quantitative estimate of drug-likeness (QED) is 0.718. The van der Waals surface area contributed by atoms with E-state index in [1.165, 1.54) is 0 Å². The first kappa shape index (κ1) is 13.4. The van der Waals surface area contributed by atoms with Gasteiger partial charge in [0.15, 0.2) is 6.29 Å². The van der Waals surface area contributed by atoms with Crippen molar-refractivity contribution in [2.45, 2.75) is 52.4 Å². The second kappa shape index (κ2) is 5.61. The molecule has 0 aliphatic carbocycles. The molecule has 0 radical (unpaired) electrons. The van der Waals surface area contributed by atoms with Gasteiger partial charge in [-0.05, 0) is 18.3 Å². The largest absolute Gasteiger partial charge is 0.480 e. The summed E-state index contributed by atoms with van der Waals surface area (Å²) < 4.78 is 5.34. The fraction of sp³-hybridized carbons (Fsp3) is 0.909. The van der Waals surface area contributed by atoms with E-state index in [-0.39, 0.29) is 6.29 Å². The molecule has 1 rings (SSSR count). The molecule has 1 aliphatic heterocycles. The monoisotopic (exact) mass is 231 g/mol. The molecule has 1 heterocycles. The SMILES string of the molecule is CC(C)(C)C(NOC1CCCCO1)C(=O)O. The standard InChI is InChI=1S/C11H21NO4/c1-11(2,3)9(10(13)14)12-16-8-6-4-5-7-15-8/h8-9,12H,4-7H2,1-3H3,(H,13,14). The number of nitrogens with one attached hydrogen (secondary N) is 1. The first-order chi connectivity index (χ1) is 7.41. The first-order valence-corrected chi connectivity index (χ1v) is 5.67. The molecule has 1 fully saturated rings. The van der Waals surface area contributed by atoms with Crippen LogP contribution < -0.4 is 5.48 Å². The zero-order chi connectivity index (χ0) is 12.2. The van der Waals surface area contributed by atoms with Crippen LogP contribution in [0.2, 0.25) is 0 Å². The number of rotatable bonds is 4. The number of hydrogen-bond donors (Lipinski definition) is 2. The smallest absolute Gasteiger partial charge is 0.323 e. The zero-order valence-electron chi connectivity index (χ0n) is 10.2. The molecule has 0 saturated carbocycles. The van der Waals surface area contributed by atoms with Gasteiger partial charge in [-0.3, -0.25) is 9.63 Å². The summed E-state index contributed by atoms with van der Waals surface area (Å²) >= 11 is 0. The Hall–Kier alpha value is -0.650. The Labute approximate surface area is 96.1 Å². The lowest BCUT2D eigenvalue weighted by molar-refractivity contribution is -0.211. The number of ether oxygens (including phenoxy) is 1. The van der Waals surface area contributed by atoms with E-state index in [1.54, 1.807) is 0 Å². The molecule has 94 valence electrons. The van der Waals surface area contributed by atoms with Crippen molar-refractivity contribution >= 4 is 5.97 Å². The second-order valence-electron chi connectivity index (χ2n) is 5.17. The van der Waals surface area contributed by atoms with Crippen molar-refractivity contribution in [3.63, 3.8) is 0 Å². The van der Waals surface area contributed by atoms with Crippen LogP contribution in [-0.2, 0) is 14.4 Å². The van der Waals surface area contributed by atoms with Gasteiger partial charge in [-0.25, -0.2) is 0 Å². The van der Waals surface area contributed by atoms with Gasteiger partial charge in [0.2, 0.25) is 0 Å². The van der Waals surface area contributed by atoms with Crippen molar-refractivity contribution in [2.24, 2.45) is 5.41 Å². The van der Waals surface area contributed by atoms with Crippen LogP contribution >= 0.6 is 0 Å². The van der Waals surface area contributed by atoms with Crippen LogP contribution in [0.5, 0.6) is 0 Å². The van der Waals surface area contributed by atoms with Crippen LogP contribution in [0.1, 0.15) is 40.0 Å². The molecule has 0 aromatic carbocycles. The van der Waals surface area contributed by atoms with Crippen molar-refractivity contribution < 1.29 is 19.5 Å². The molecular formula is C11H21NO4. The van der Waals surface area contributed by atoms with Crippen LogP contribution in [0.3, 0.4) is 0 Å². The lowest BCUT2D eigenvalue weighted by Crippen LogP contribution is -2.48. The van der Waals surface area contributed by atoms with E-state index in [0.717, 1.165) is 19.3 Å². The second-order valence-corrected chi connectivity index (χ2v) is 5.17. The van der Waals surface area contributed by atoms with Gasteiger partial charge in [0.25, 0.3) is 0 Å². The third kappa shape index (κ3) is 4.08. The summed E-state index contributed by atoms with van der Waals surface area (Å²) in [5.41, 5.74) is 2.20. The van der Waals surface area contributed by atoms with Gasteiger partial charge in [0.1, 0.15) is 6.04 Å². The van der Waals surface area contributed by atoms with Crippen molar-refractivity contribution in [2.75, 3.05) is 6.61 Å². The highest BCUT2D eigenvalue weighted by molar-refractivity contribution is 5.74. The van der Waals surface area contributed by atoms with E-state index in [0.29, 0.717) is 6.61 Å². The summed E-state index contributed by atoms with van der Waals surface area (Å²) in [6.45, 7) is 6.23. The number of carbonyl (C=O) groups is 1. The maximum Gasteiger partial charge on any atom is 0.323 e. The van der Waals surface area contributed by atoms with Crippen molar-refractivity contribution in [3.05, 3.63) is 0 Å². The third-order valence-electron chi connectivity index (χ3n) is 2.57. The van der Waals surface area contributed by atoms with Crippen LogP contribution in [0.15, 0.2) is 0 Å². The van der Waals surface area contributed by atoms with E-state index in [2.05, 4.69) is 5.48 Å². The number of hydroxylamine groups is 1.